The molecule has 1 saturated heterocycles. The van der Waals surface area contributed by atoms with E-state index in [-0.39, 0.29) is 5.91 Å². The number of rotatable bonds is 4. The van der Waals surface area contributed by atoms with Gasteiger partial charge in [0.1, 0.15) is 0 Å². The van der Waals surface area contributed by atoms with Gasteiger partial charge in [0, 0.05) is 25.1 Å². The number of hydrogen-bond donors (Lipinski definition) is 1. The molecule has 2 aromatic rings. The molecule has 0 unspecified atom stereocenters. The number of fused-ring (bicyclic) bond motifs is 1. The van der Waals surface area contributed by atoms with Crippen LogP contribution in [-0.2, 0) is 14.1 Å². The molecule has 0 spiro atoms. The average Bonchev–Trinajstić information content (AvgIpc) is 2.79. The highest BCUT2D eigenvalue weighted by atomic mass is 35.5. The average molecular weight is 387 g/mol. The Morgan fingerprint density at radius 1 is 1.22 bits per heavy atom. The van der Waals surface area contributed by atoms with Crippen LogP contribution >= 0.6 is 11.6 Å². The van der Waals surface area contributed by atoms with Crippen molar-refractivity contribution in [2.24, 2.45) is 0 Å². The number of nitrogens with one attached hydrogen (secondary N) is 1. The van der Waals surface area contributed by atoms with Gasteiger partial charge in [0.2, 0.25) is 5.91 Å². The van der Waals surface area contributed by atoms with Crippen LogP contribution in [-0.4, -0.2) is 35.8 Å². The van der Waals surface area contributed by atoms with E-state index in [1.54, 1.807) is 12.3 Å². The molecule has 2 heterocycles. The highest BCUT2D eigenvalue weighted by Gasteiger charge is 2.52. The van der Waals surface area contributed by atoms with Crippen LogP contribution in [0, 0.1) is 0 Å². The second-order valence-corrected chi connectivity index (χ2v) is 8.19. The number of benzene rings is 1. The summed E-state index contributed by atoms with van der Waals surface area (Å²) in [7, 11) is -0.537. The van der Waals surface area contributed by atoms with Crippen molar-refractivity contribution in [2.75, 3.05) is 6.54 Å². The lowest BCUT2D eigenvalue weighted by Gasteiger charge is -2.32. The van der Waals surface area contributed by atoms with Crippen molar-refractivity contribution in [2.45, 2.75) is 45.8 Å². The largest absolute Gasteiger partial charge is 0.492 e. The van der Waals surface area contributed by atoms with Crippen molar-refractivity contribution in [1.29, 1.82) is 0 Å². The van der Waals surface area contributed by atoms with E-state index in [4.69, 9.17) is 20.9 Å². The van der Waals surface area contributed by atoms with Crippen LogP contribution in [0.4, 0.5) is 0 Å². The maximum Gasteiger partial charge on any atom is 0.492 e. The number of carbonyl (C=O) groups excluding carboxylic acids is 1. The zero-order valence-corrected chi connectivity index (χ0v) is 17.1. The van der Waals surface area contributed by atoms with Crippen molar-refractivity contribution in [1.82, 2.24) is 10.3 Å². The summed E-state index contributed by atoms with van der Waals surface area (Å²) in [4.78, 5) is 15.8. The van der Waals surface area contributed by atoms with Crippen LogP contribution in [0.3, 0.4) is 0 Å². The Bertz CT molecular complexity index is 895. The predicted molar refractivity (Wildman–Crippen MR) is 109 cm³/mol. The third kappa shape index (κ3) is 4.18. The van der Waals surface area contributed by atoms with Gasteiger partial charge in [-0.05, 0) is 50.9 Å². The number of halogens is 1. The van der Waals surface area contributed by atoms with Crippen molar-refractivity contribution < 1.29 is 14.1 Å². The van der Waals surface area contributed by atoms with Crippen molar-refractivity contribution >= 4 is 41.6 Å². The lowest BCUT2D eigenvalue weighted by atomic mass is 9.77. The van der Waals surface area contributed by atoms with Gasteiger partial charge in [0.05, 0.1) is 21.7 Å². The summed E-state index contributed by atoms with van der Waals surface area (Å²) < 4.78 is 12.3. The van der Waals surface area contributed by atoms with E-state index in [2.05, 4.69) is 10.3 Å². The Balaban J connectivity index is 1.97. The molecule has 1 amide bonds. The van der Waals surface area contributed by atoms with Gasteiger partial charge >= 0.3 is 7.12 Å². The molecule has 0 saturated carbocycles. The van der Waals surface area contributed by atoms with Crippen LogP contribution in [0.5, 0.6) is 0 Å². The molecule has 1 aliphatic rings. The summed E-state index contributed by atoms with van der Waals surface area (Å²) in [6, 6.07) is 7.64. The van der Waals surface area contributed by atoms with Crippen LogP contribution in [0.1, 0.15) is 40.2 Å². The van der Waals surface area contributed by atoms with E-state index in [1.165, 1.54) is 6.92 Å². The fraction of sp³-hybridized carbons (Fsp3) is 0.400. The van der Waals surface area contributed by atoms with E-state index in [1.807, 2.05) is 52.0 Å². The van der Waals surface area contributed by atoms with Crippen LogP contribution < -0.4 is 5.32 Å². The summed E-state index contributed by atoms with van der Waals surface area (Å²) in [6.07, 6.45) is 3.66. The Kier molecular flexibility index (Phi) is 5.34. The quantitative estimate of drug-likeness (QED) is 0.806. The molecule has 1 aromatic carbocycles. The Morgan fingerprint density at radius 2 is 1.89 bits per heavy atom. The normalized spacial score (nSPS) is 18.7. The molecule has 142 valence electrons. The zero-order valence-electron chi connectivity index (χ0n) is 16.3. The topological polar surface area (TPSA) is 60.5 Å². The van der Waals surface area contributed by atoms with E-state index in [0.717, 1.165) is 21.9 Å². The molecule has 0 bridgehead atoms. The molecule has 7 heteroatoms. The van der Waals surface area contributed by atoms with Crippen molar-refractivity contribution in [3.8, 4) is 0 Å². The molecular weight excluding hydrogens is 362 g/mol. The van der Waals surface area contributed by atoms with E-state index < -0.39 is 18.3 Å². The summed E-state index contributed by atoms with van der Waals surface area (Å²) >= 11 is 6.22. The first-order valence-electron chi connectivity index (χ1n) is 8.94. The standard InChI is InChI=1S/C20H24BClN2O3/c1-13(25)24-12-15(21-26-19(2,3)20(4,5)27-21)10-14-6-7-16-17(22)8-9-23-18(16)11-14/h6-11H,12H2,1-5H3,(H,24,25). The Labute approximate surface area is 165 Å². The van der Waals surface area contributed by atoms with Crippen molar-refractivity contribution in [3.63, 3.8) is 0 Å². The predicted octanol–water partition coefficient (Wildman–Crippen LogP) is 4.04. The van der Waals surface area contributed by atoms with E-state index in [9.17, 15) is 4.79 Å². The van der Waals surface area contributed by atoms with Crippen LogP contribution in [0.2, 0.25) is 5.02 Å². The Morgan fingerprint density at radius 3 is 2.52 bits per heavy atom. The summed E-state index contributed by atoms with van der Waals surface area (Å²) in [5.74, 6) is -0.107. The maximum absolute atomic E-state index is 11.4. The van der Waals surface area contributed by atoms with Gasteiger partial charge in [-0.2, -0.15) is 0 Å². The van der Waals surface area contributed by atoms with E-state index >= 15 is 0 Å². The van der Waals surface area contributed by atoms with Gasteiger partial charge in [-0.1, -0.05) is 29.8 Å². The first-order valence-corrected chi connectivity index (χ1v) is 9.32. The fourth-order valence-electron chi connectivity index (χ4n) is 2.86. The van der Waals surface area contributed by atoms with Gasteiger partial charge in [0.25, 0.3) is 0 Å². The first-order chi connectivity index (χ1) is 12.6. The minimum absolute atomic E-state index is 0.107. The SMILES string of the molecule is CC(=O)NCC(=Cc1ccc2c(Cl)ccnc2c1)B1OC(C)(C)C(C)(C)O1. The van der Waals surface area contributed by atoms with Gasteiger partial charge in [-0.3, -0.25) is 9.78 Å². The Hall–Kier alpha value is -1.89. The minimum Gasteiger partial charge on any atom is -0.400 e. The third-order valence-electron chi connectivity index (χ3n) is 5.16. The summed E-state index contributed by atoms with van der Waals surface area (Å²) in [5.41, 5.74) is 1.68. The molecule has 0 radical (unpaired) electrons. The number of carbonyl (C=O) groups is 1. The van der Waals surface area contributed by atoms with Gasteiger partial charge in [-0.15, -0.1) is 0 Å². The van der Waals surface area contributed by atoms with Crippen molar-refractivity contribution in [3.05, 3.63) is 46.5 Å². The highest BCUT2D eigenvalue weighted by Crippen LogP contribution is 2.38. The molecule has 1 aliphatic heterocycles. The molecule has 0 atom stereocenters. The number of nitrogens with zero attached hydrogens (tertiary/aromatic N) is 1. The van der Waals surface area contributed by atoms with Gasteiger partial charge in [0.15, 0.2) is 0 Å². The second kappa shape index (κ2) is 7.26. The first kappa shape index (κ1) is 19.9. The number of aromatic nitrogens is 1. The summed E-state index contributed by atoms with van der Waals surface area (Å²) in [5, 5.41) is 4.40. The minimum atomic E-state index is -0.537. The molecule has 5 nitrogen and oxygen atoms in total. The molecule has 1 N–H and O–H groups in total. The monoisotopic (exact) mass is 386 g/mol. The van der Waals surface area contributed by atoms with Gasteiger partial charge < -0.3 is 14.6 Å². The number of hydrogen-bond acceptors (Lipinski definition) is 4. The van der Waals surface area contributed by atoms with E-state index in [0.29, 0.717) is 11.6 Å². The number of amides is 1. The smallest absolute Gasteiger partial charge is 0.400 e. The van der Waals surface area contributed by atoms with Crippen LogP contribution in [0.15, 0.2) is 35.9 Å². The lowest BCUT2D eigenvalue weighted by molar-refractivity contribution is -0.118. The molecule has 1 aromatic heterocycles. The highest BCUT2D eigenvalue weighted by molar-refractivity contribution is 6.56. The van der Waals surface area contributed by atoms with Gasteiger partial charge in [-0.25, -0.2) is 0 Å². The number of pyridine rings is 1. The fourth-order valence-corrected chi connectivity index (χ4v) is 3.07. The lowest BCUT2D eigenvalue weighted by Crippen LogP contribution is -2.41. The molecule has 27 heavy (non-hydrogen) atoms. The molecule has 3 rings (SSSR count). The second-order valence-electron chi connectivity index (χ2n) is 7.79. The summed E-state index contributed by atoms with van der Waals surface area (Å²) in [6.45, 7) is 9.85. The molecule has 1 fully saturated rings. The zero-order chi connectivity index (χ0) is 19.8. The maximum atomic E-state index is 11.4. The molecular formula is C20H24BClN2O3. The van der Waals surface area contributed by atoms with Crippen LogP contribution in [0.25, 0.3) is 17.0 Å². The molecule has 0 aliphatic carbocycles. The third-order valence-corrected chi connectivity index (χ3v) is 5.49.